The van der Waals surface area contributed by atoms with Crippen molar-refractivity contribution in [3.63, 3.8) is 0 Å². The number of nitrogens with two attached hydrogens (primary N) is 1. The first kappa shape index (κ1) is 9.66. The molecule has 0 aliphatic rings. The van der Waals surface area contributed by atoms with E-state index in [1.807, 2.05) is 0 Å². The van der Waals surface area contributed by atoms with Gasteiger partial charge in [0.25, 0.3) is 0 Å². The van der Waals surface area contributed by atoms with E-state index in [0.29, 0.717) is 0 Å². The first-order valence-corrected chi connectivity index (χ1v) is 3.72. The average Bonchev–Trinajstić information content (AvgIpc) is 1.98. The molecule has 0 saturated heterocycles. The topological polar surface area (TPSA) is 35.2 Å². The van der Waals surface area contributed by atoms with Crippen LogP contribution < -0.4 is 5.73 Å². The number of rotatable bonds is 5. The number of hydrogen-bond acceptors (Lipinski definition) is 2. The van der Waals surface area contributed by atoms with Gasteiger partial charge < -0.3 is 10.5 Å². The molecule has 0 aromatic rings. The molecule has 0 unspecified atom stereocenters. The van der Waals surface area contributed by atoms with Gasteiger partial charge in [0.05, 0.1) is 6.61 Å². The minimum Gasteiger partial charge on any atom is -0.380 e. The summed E-state index contributed by atoms with van der Waals surface area (Å²) in [4.78, 5) is 0. The second kappa shape index (κ2) is 6.78. The molecule has 0 saturated carbocycles. The second-order valence-corrected chi connectivity index (χ2v) is 2.23. The fourth-order valence-corrected chi connectivity index (χ4v) is 0.778. The Morgan fingerprint density at radius 1 is 1.60 bits per heavy atom. The SMILES string of the molecule is CC/C(=C\CCN)COC. The molecule has 2 N–H and O–H groups in total. The zero-order valence-electron chi connectivity index (χ0n) is 6.89. The third-order valence-corrected chi connectivity index (χ3v) is 1.38. The molecule has 0 aliphatic carbocycles. The van der Waals surface area contributed by atoms with Crippen molar-refractivity contribution < 1.29 is 4.74 Å². The Morgan fingerprint density at radius 3 is 2.70 bits per heavy atom. The maximum absolute atomic E-state index is 5.34. The highest BCUT2D eigenvalue weighted by molar-refractivity contribution is 5.01. The normalized spacial score (nSPS) is 12.1. The van der Waals surface area contributed by atoms with E-state index < -0.39 is 0 Å². The predicted octanol–water partition coefficient (Wildman–Crippen LogP) is 1.32. The largest absolute Gasteiger partial charge is 0.380 e. The maximum Gasteiger partial charge on any atom is 0.0672 e. The third kappa shape index (κ3) is 4.53. The molecule has 0 radical (unpaired) electrons. The second-order valence-electron chi connectivity index (χ2n) is 2.23. The molecule has 0 rings (SSSR count). The molecule has 0 aliphatic heterocycles. The molecular weight excluding hydrogens is 126 g/mol. The minimum atomic E-state index is 0.729. The van der Waals surface area contributed by atoms with Crippen molar-refractivity contribution in [3.8, 4) is 0 Å². The summed E-state index contributed by atoms with van der Waals surface area (Å²) in [5.41, 5.74) is 6.68. The van der Waals surface area contributed by atoms with Gasteiger partial charge in [-0.25, -0.2) is 0 Å². The smallest absolute Gasteiger partial charge is 0.0672 e. The zero-order valence-corrected chi connectivity index (χ0v) is 6.89. The van der Waals surface area contributed by atoms with Crippen LogP contribution in [-0.2, 0) is 4.74 Å². The fraction of sp³-hybridized carbons (Fsp3) is 0.750. The lowest BCUT2D eigenvalue weighted by atomic mass is 10.2. The van der Waals surface area contributed by atoms with Crippen molar-refractivity contribution >= 4 is 0 Å². The summed E-state index contributed by atoms with van der Waals surface area (Å²) in [5.74, 6) is 0. The van der Waals surface area contributed by atoms with Gasteiger partial charge in [-0.2, -0.15) is 0 Å². The Balaban J connectivity index is 3.55. The molecule has 10 heavy (non-hydrogen) atoms. The number of ether oxygens (including phenoxy) is 1. The number of methoxy groups -OCH3 is 1. The Morgan fingerprint density at radius 2 is 2.30 bits per heavy atom. The van der Waals surface area contributed by atoms with E-state index in [-0.39, 0.29) is 0 Å². The molecule has 0 spiro atoms. The predicted molar refractivity (Wildman–Crippen MR) is 43.9 cm³/mol. The summed E-state index contributed by atoms with van der Waals surface area (Å²) >= 11 is 0. The first-order chi connectivity index (χ1) is 4.85. The highest BCUT2D eigenvalue weighted by atomic mass is 16.5. The molecule has 0 atom stereocenters. The quantitative estimate of drug-likeness (QED) is 0.589. The van der Waals surface area contributed by atoms with Crippen LogP contribution >= 0.6 is 0 Å². The monoisotopic (exact) mass is 143 g/mol. The van der Waals surface area contributed by atoms with E-state index in [2.05, 4.69) is 13.0 Å². The summed E-state index contributed by atoms with van der Waals surface area (Å²) in [6, 6.07) is 0. The molecule has 0 amide bonds. The van der Waals surface area contributed by atoms with Gasteiger partial charge in [0, 0.05) is 7.11 Å². The van der Waals surface area contributed by atoms with E-state index in [1.54, 1.807) is 7.11 Å². The van der Waals surface area contributed by atoms with Gasteiger partial charge in [-0.3, -0.25) is 0 Å². The number of hydrogen-bond donors (Lipinski definition) is 1. The molecule has 0 aromatic carbocycles. The molecule has 2 nitrogen and oxygen atoms in total. The van der Waals surface area contributed by atoms with Gasteiger partial charge in [0.2, 0.25) is 0 Å². The molecule has 60 valence electrons. The van der Waals surface area contributed by atoms with E-state index in [9.17, 15) is 0 Å². The van der Waals surface area contributed by atoms with Gasteiger partial charge in [0.15, 0.2) is 0 Å². The van der Waals surface area contributed by atoms with Crippen LogP contribution in [-0.4, -0.2) is 20.3 Å². The third-order valence-electron chi connectivity index (χ3n) is 1.38. The van der Waals surface area contributed by atoms with E-state index in [0.717, 1.165) is 26.0 Å². The van der Waals surface area contributed by atoms with E-state index in [4.69, 9.17) is 10.5 Å². The highest BCUT2D eigenvalue weighted by Gasteiger charge is 1.90. The molecule has 0 bridgehead atoms. The Hall–Kier alpha value is -0.340. The van der Waals surface area contributed by atoms with Crippen LogP contribution in [0.3, 0.4) is 0 Å². The van der Waals surface area contributed by atoms with E-state index >= 15 is 0 Å². The van der Waals surface area contributed by atoms with Gasteiger partial charge in [-0.15, -0.1) is 0 Å². The first-order valence-electron chi connectivity index (χ1n) is 3.72. The van der Waals surface area contributed by atoms with Crippen LogP contribution in [0.4, 0.5) is 0 Å². The van der Waals surface area contributed by atoms with Gasteiger partial charge in [0.1, 0.15) is 0 Å². The molecule has 0 aromatic heterocycles. The molecule has 0 fully saturated rings. The summed E-state index contributed by atoms with van der Waals surface area (Å²) in [6.45, 7) is 3.60. The Labute approximate surface area is 63.1 Å². The lowest BCUT2D eigenvalue weighted by Gasteiger charge is -2.01. The summed E-state index contributed by atoms with van der Waals surface area (Å²) in [5, 5.41) is 0. The molecular formula is C8H17NO. The molecule has 0 heterocycles. The van der Waals surface area contributed by atoms with Crippen LogP contribution in [0.25, 0.3) is 0 Å². The van der Waals surface area contributed by atoms with Crippen molar-refractivity contribution in [2.75, 3.05) is 20.3 Å². The van der Waals surface area contributed by atoms with Gasteiger partial charge >= 0.3 is 0 Å². The Bertz CT molecular complexity index is 99.4. The van der Waals surface area contributed by atoms with Gasteiger partial charge in [-0.1, -0.05) is 13.0 Å². The minimum absolute atomic E-state index is 0.729. The van der Waals surface area contributed by atoms with E-state index in [1.165, 1.54) is 5.57 Å². The van der Waals surface area contributed by atoms with Crippen molar-refractivity contribution in [1.82, 2.24) is 0 Å². The van der Waals surface area contributed by atoms with Crippen molar-refractivity contribution in [3.05, 3.63) is 11.6 Å². The van der Waals surface area contributed by atoms with Gasteiger partial charge in [-0.05, 0) is 25.0 Å². The fourth-order valence-electron chi connectivity index (χ4n) is 0.778. The summed E-state index contributed by atoms with van der Waals surface area (Å²) < 4.78 is 4.98. The van der Waals surface area contributed by atoms with Crippen LogP contribution in [0, 0.1) is 0 Å². The van der Waals surface area contributed by atoms with Crippen molar-refractivity contribution in [2.45, 2.75) is 19.8 Å². The maximum atomic E-state index is 5.34. The molecule has 2 heteroatoms. The average molecular weight is 143 g/mol. The van der Waals surface area contributed by atoms with Crippen molar-refractivity contribution in [1.29, 1.82) is 0 Å². The summed E-state index contributed by atoms with van der Waals surface area (Å²) in [6.07, 6.45) is 4.18. The van der Waals surface area contributed by atoms with Crippen LogP contribution in [0.1, 0.15) is 19.8 Å². The zero-order chi connectivity index (χ0) is 7.82. The van der Waals surface area contributed by atoms with Crippen LogP contribution in [0.2, 0.25) is 0 Å². The lowest BCUT2D eigenvalue weighted by molar-refractivity contribution is 0.223. The van der Waals surface area contributed by atoms with Crippen LogP contribution in [0.5, 0.6) is 0 Å². The van der Waals surface area contributed by atoms with Crippen LogP contribution in [0.15, 0.2) is 11.6 Å². The lowest BCUT2D eigenvalue weighted by Crippen LogP contribution is -1.98. The highest BCUT2D eigenvalue weighted by Crippen LogP contribution is 2.01. The summed E-state index contributed by atoms with van der Waals surface area (Å²) in [7, 11) is 1.71. The standard InChI is InChI=1S/C8H17NO/c1-3-8(7-10-2)5-4-6-9/h5H,3-4,6-7,9H2,1-2H3/b8-5+. The Kier molecular flexibility index (Phi) is 6.55. The van der Waals surface area contributed by atoms with Crippen molar-refractivity contribution in [2.24, 2.45) is 5.73 Å².